The maximum absolute atomic E-state index is 12.2. The van der Waals surface area contributed by atoms with Crippen molar-refractivity contribution in [2.45, 2.75) is 50.7 Å². The molecule has 41 heavy (non-hydrogen) atoms. The lowest BCUT2D eigenvalue weighted by Crippen LogP contribution is -2.29. The largest absolute Gasteiger partial charge is 0.381 e. The zero-order chi connectivity index (χ0) is 28.3. The van der Waals surface area contributed by atoms with E-state index in [1.807, 2.05) is 41.3 Å². The van der Waals surface area contributed by atoms with Gasteiger partial charge in [-0.05, 0) is 55.9 Å². The van der Waals surface area contributed by atoms with Gasteiger partial charge in [-0.2, -0.15) is 0 Å². The number of benzene rings is 2. The van der Waals surface area contributed by atoms with Crippen molar-refractivity contribution < 1.29 is 14.3 Å². The summed E-state index contributed by atoms with van der Waals surface area (Å²) in [6.45, 7) is 0.803. The lowest BCUT2D eigenvalue weighted by molar-refractivity contribution is 0.0681. The Kier molecular flexibility index (Phi) is 7.46. The number of ether oxygens (including phenoxy) is 1. The van der Waals surface area contributed by atoms with Gasteiger partial charge >= 0.3 is 0 Å². The zero-order valence-corrected chi connectivity index (χ0v) is 23.0. The van der Waals surface area contributed by atoms with Gasteiger partial charge in [-0.1, -0.05) is 30.3 Å². The summed E-state index contributed by atoms with van der Waals surface area (Å²) < 4.78 is 5.52. The van der Waals surface area contributed by atoms with Gasteiger partial charge in [-0.25, -0.2) is 14.8 Å². The number of allylic oxidation sites excluding steroid dienone is 1. The third kappa shape index (κ3) is 5.29. The minimum Gasteiger partial charge on any atom is -0.381 e. The Morgan fingerprint density at radius 3 is 2.54 bits per heavy atom. The van der Waals surface area contributed by atoms with Crippen LogP contribution in [-0.4, -0.2) is 52.6 Å². The fourth-order valence-electron chi connectivity index (χ4n) is 5.93. The first kappa shape index (κ1) is 26.6. The highest BCUT2D eigenvalue weighted by atomic mass is 16.5. The van der Waals surface area contributed by atoms with E-state index in [0.717, 1.165) is 72.8 Å². The number of methoxy groups -OCH3 is 1. The van der Waals surface area contributed by atoms with E-state index in [0.29, 0.717) is 34.6 Å². The van der Waals surface area contributed by atoms with E-state index < -0.39 is 5.91 Å². The van der Waals surface area contributed by atoms with Crippen molar-refractivity contribution in [3.05, 3.63) is 72.2 Å². The van der Waals surface area contributed by atoms with Crippen LogP contribution in [-0.2, 0) is 9.53 Å². The number of carbonyl (C=O) groups is 1. The molecule has 1 saturated carbocycles. The number of nitrogens with zero attached hydrogens (tertiary/aromatic N) is 4. The first-order valence-electron chi connectivity index (χ1n) is 14.0. The number of rotatable bonds is 7. The van der Waals surface area contributed by atoms with E-state index in [1.165, 1.54) is 0 Å². The predicted octanol–water partition coefficient (Wildman–Crippen LogP) is 5.14. The van der Waals surface area contributed by atoms with Crippen LogP contribution < -0.4 is 16.0 Å². The average Bonchev–Trinajstić information content (AvgIpc) is 3.50. The molecule has 1 amide bonds. The van der Waals surface area contributed by atoms with E-state index in [-0.39, 0.29) is 6.04 Å². The van der Waals surface area contributed by atoms with Crippen molar-refractivity contribution in [1.82, 2.24) is 15.0 Å². The van der Waals surface area contributed by atoms with Gasteiger partial charge in [0.15, 0.2) is 0 Å². The van der Waals surface area contributed by atoms with Crippen LogP contribution in [0.4, 0.5) is 11.6 Å². The summed E-state index contributed by atoms with van der Waals surface area (Å²) in [5, 5.41) is 4.25. The van der Waals surface area contributed by atoms with E-state index in [4.69, 9.17) is 20.4 Å². The van der Waals surface area contributed by atoms with Crippen LogP contribution in [0.5, 0.6) is 0 Å². The quantitative estimate of drug-likeness (QED) is 0.304. The third-order valence-corrected chi connectivity index (χ3v) is 8.14. The van der Waals surface area contributed by atoms with Gasteiger partial charge in [-0.3, -0.25) is 9.78 Å². The van der Waals surface area contributed by atoms with Crippen molar-refractivity contribution in [3.8, 4) is 22.4 Å². The fourth-order valence-corrected chi connectivity index (χ4v) is 5.93. The maximum Gasteiger partial charge on any atom is 0.249 e. The first-order valence-corrected chi connectivity index (χ1v) is 14.0. The van der Waals surface area contributed by atoms with Crippen LogP contribution >= 0.6 is 0 Å². The molecule has 3 N–H and O–H groups in total. The summed E-state index contributed by atoms with van der Waals surface area (Å²) in [5.74, 6) is 2.11. The average molecular weight is 549 g/mol. The molecular formula is C32H32N6O3. The van der Waals surface area contributed by atoms with Crippen molar-refractivity contribution >= 4 is 34.4 Å². The smallest absolute Gasteiger partial charge is 0.249 e. The number of nitrogens with one attached hydrogen (secondary N) is 1. The highest BCUT2D eigenvalue weighted by Crippen LogP contribution is 2.36. The Morgan fingerprint density at radius 1 is 1.02 bits per heavy atom. The van der Waals surface area contributed by atoms with Gasteiger partial charge in [0.25, 0.3) is 0 Å². The topological polar surface area (TPSA) is 123 Å². The summed E-state index contributed by atoms with van der Waals surface area (Å²) in [5.41, 5.74) is 11.5. The van der Waals surface area contributed by atoms with E-state index in [9.17, 15) is 9.59 Å². The second-order valence-corrected chi connectivity index (χ2v) is 10.6. The van der Waals surface area contributed by atoms with Gasteiger partial charge in [-0.15, -0.1) is 0 Å². The van der Waals surface area contributed by atoms with Crippen molar-refractivity contribution in [1.29, 1.82) is 0 Å². The number of carbonyl (C=O) groups excluding carboxylic acids is 2. The normalized spacial score (nSPS) is 18.9. The number of hydrogen-bond acceptors (Lipinski definition) is 8. The highest BCUT2D eigenvalue weighted by Gasteiger charge is 2.23. The molecule has 2 aliphatic rings. The van der Waals surface area contributed by atoms with Crippen LogP contribution in [0.15, 0.2) is 66.6 Å². The monoisotopic (exact) mass is 548 g/mol. The van der Waals surface area contributed by atoms with Crippen LogP contribution in [0.3, 0.4) is 0 Å². The molecule has 9 nitrogen and oxygen atoms in total. The Labute approximate surface area is 238 Å². The van der Waals surface area contributed by atoms with Crippen molar-refractivity contribution in [2.75, 3.05) is 23.9 Å². The molecule has 1 aliphatic heterocycles. The van der Waals surface area contributed by atoms with E-state index in [2.05, 4.69) is 16.2 Å². The molecule has 1 aliphatic carbocycles. The molecule has 0 radical (unpaired) electrons. The highest BCUT2D eigenvalue weighted by molar-refractivity contribution is 6.06. The van der Waals surface area contributed by atoms with Gasteiger partial charge in [0.1, 0.15) is 11.6 Å². The molecule has 1 saturated heterocycles. The minimum absolute atomic E-state index is 0.263. The SMILES string of the molecule is COC1CCC(Nc2ncc3c(-c4ccccc4C(N)=O)ncc(-c4ccc(N5CCCC5=C=O)cc4)c3n2)CC1. The Balaban J connectivity index is 1.42. The van der Waals surface area contributed by atoms with Crippen LogP contribution in [0.25, 0.3) is 33.3 Å². The molecule has 0 unspecified atom stereocenters. The molecule has 0 bridgehead atoms. The van der Waals surface area contributed by atoms with E-state index in [1.54, 1.807) is 31.6 Å². The summed E-state index contributed by atoms with van der Waals surface area (Å²) in [6.07, 6.45) is 9.50. The number of hydrogen-bond donors (Lipinski definition) is 2. The van der Waals surface area contributed by atoms with Crippen molar-refractivity contribution in [2.24, 2.45) is 5.73 Å². The molecule has 3 heterocycles. The number of anilines is 2. The Hall–Kier alpha value is -4.59. The number of nitrogens with two attached hydrogens (primary N) is 1. The van der Waals surface area contributed by atoms with E-state index >= 15 is 0 Å². The molecular weight excluding hydrogens is 516 g/mol. The summed E-state index contributed by atoms with van der Waals surface area (Å²) >= 11 is 0. The Bertz CT molecular complexity index is 1640. The van der Waals surface area contributed by atoms with Gasteiger partial charge in [0, 0.05) is 66.3 Å². The second kappa shape index (κ2) is 11.5. The third-order valence-electron chi connectivity index (χ3n) is 8.14. The maximum atomic E-state index is 12.2. The summed E-state index contributed by atoms with van der Waals surface area (Å²) in [4.78, 5) is 40.1. The van der Waals surface area contributed by atoms with Gasteiger partial charge < -0.3 is 20.7 Å². The molecule has 208 valence electrons. The molecule has 9 heteroatoms. The molecule has 2 fully saturated rings. The fraction of sp³-hybridized carbons (Fsp3) is 0.312. The lowest BCUT2D eigenvalue weighted by Gasteiger charge is -2.28. The molecule has 2 aromatic carbocycles. The van der Waals surface area contributed by atoms with Crippen LogP contribution in [0.2, 0.25) is 0 Å². The standard InChI is InChI=1S/C32H32N6O3/c1-41-24-14-10-21(11-15-24)36-32-35-18-28-29(25-6-2-3-7-26(25)31(33)40)34-17-27(30(28)37-32)20-8-12-22(13-9-20)38-16-4-5-23(38)19-39/h2-3,6-9,12-13,17-18,21,24H,4-5,10-11,14-16H2,1H3,(H2,33,40)(H,35,36,37). The number of fused-ring (bicyclic) bond motifs is 1. The molecule has 6 rings (SSSR count). The molecule has 2 aromatic heterocycles. The Morgan fingerprint density at radius 2 is 1.80 bits per heavy atom. The number of primary amides is 1. The van der Waals surface area contributed by atoms with Gasteiger partial charge in [0.2, 0.25) is 11.9 Å². The van der Waals surface area contributed by atoms with Crippen molar-refractivity contribution in [3.63, 3.8) is 0 Å². The van der Waals surface area contributed by atoms with Crippen LogP contribution in [0.1, 0.15) is 48.9 Å². The summed E-state index contributed by atoms with van der Waals surface area (Å²) in [7, 11) is 1.77. The summed E-state index contributed by atoms with van der Waals surface area (Å²) in [6, 6.07) is 15.5. The first-order chi connectivity index (χ1) is 20.1. The van der Waals surface area contributed by atoms with Gasteiger partial charge in [0.05, 0.1) is 17.3 Å². The molecule has 0 atom stereocenters. The predicted molar refractivity (Wildman–Crippen MR) is 159 cm³/mol. The lowest BCUT2D eigenvalue weighted by atomic mass is 9.93. The number of amides is 1. The number of aromatic nitrogens is 3. The number of pyridine rings is 1. The molecule has 0 spiro atoms. The zero-order valence-electron chi connectivity index (χ0n) is 23.0. The molecule has 4 aromatic rings. The second-order valence-electron chi connectivity index (χ2n) is 10.6. The minimum atomic E-state index is -0.522. The van der Waals surface area contributed by atoms with Crippen LogP contribution in [0, 0.1) is 0 Å².